The number of rotatable bonds is 9. The molecule has 1 amide bonds. The summed E-state index contributed by atoms with van der Waals surface area (Å²) >= 11 is 0. The van der Waals surface area contributed by atoms with Crippen LogP contribution in [0.3, 0.4) is 0 Å². The number of ketones is 1. The minimum absolute atomic E-state index is 0.0720. The van der Waals surface area contributed by atoms with Gasteiger partial charge in [-0.15, -0.1) is 0 Å². The topological polar surface area (TPSA) is 81.7 Å². The second-order valence-electron chi connectivity index (χ2n) is 6.33. The van der Waals surface area contributed by atoms with Crippen LogP contribution in [-0.2, 0) is 19.1 Å². The van der Waals surface area contributed by atoms with Gasteiger partial charge >= 0.3 is 12.1 Å². The highest BCUT2D eigenvalue weighted by Gasteiger charge is 2.34. The first kappa shape index (κ1) is 19.5. The first-order chi connectivity index (χ1) is 11.0. The van der Waals surface area contributed by atoms with Crippen LogP contribution in [0.15, 0.2) is 0 Å². The Balaban J connectivity index is 2.55. The molecule has 0 aromatic heterocycles. The van der Waals surface area contributed by atoms with E-state index in [9.17, 15) is 14.4 Å². The third kappa shape index (κ3) is 5.84. The fraction of sp³-hybridized carbons (Fsp3) is 0.824. The summed E-state index contributed by atoms with van der Waals surface area (Å²) in [7, 11) is 1.15. The summed E-state index contributed by atoms with van der Waals surface area (Å²) in [6.07, 6.45) is 6.79. The van der Waals surface area contributed by atoms with Gasteiger partial charge in [-0.25, -0.2) is 9.59 Å². The van der Waals surface area contributed by atoms with Crippen LogP contribution < -0.4 is 5.32 Å². The van der Waals surface area contributed by atoms with Crippen molar-refractivity contribution in [3.8, 4) is 0 Å². The molecule has 0 aromatic rings. The Kier molecular flexibility index (Phi) is 8.06. The number of methoxy groups -OCH3 is 1. The molecule has 1 fully saturated rings. The molecule has 1 aliphatic carbocycles. The summed E-state index contributed by atoms with van der Waals surface area (Å²) in [6, 6.07) is -0.879. The maximum absolute atomic E-state index is 12.0. The molecule has 0 radical (unpaired) electrons. The van der Waals surface area contributed by atoms with Crippen molar-refractivity contribution in [2.45, 2.75) is 71.3 Å². The van der Waals surface area contributed by atoms with Gasteiger partial charge in [-0.1, -0.05) is 39.5 Å². The van der Waals surface area contributed by atoms with E-state index >= 15 is 0 Å². The predicted octanol–water partition coefficient (Wildman–Crippen LogP) is 2.98. The van der Waals surface area contributed by atoms with Crippen molar-refractivity contribution in [3.63, 3.8) is 0 Å². The van der Waals surface area contributed by atoms with Gasteiger partial charge in [-0.2, -0.15) is 0 Å². The van der Waals surface area contributed by atoms with Crippen molar-refractivity contribution < 1.29 is 23.9 Å². The Morgan fingerprint density at radius 2 is 1.83 bits per heavy atom. The van der Waals surface area contributed by atoms with E-state index in [0.29, 0.717) is 13.0 Å². The summed E-state index contributed by atoms with van der Waals surface area (Å²) in [5, 5.41) is 2.52. The summed E-state index contributed by atoms with van der Waals surface area (Å²) in [6.45, 7) is 4.45. The fourth-order valence-electron chi connectivity index (χ4n) is 3.05. The molecule has 0 bridgehead atoms. The largest absolute Gasteiger partial charge is 0.463 e. The van der Waals surface area contributed by atoms with Crippen LogP contribution in [0.4, 0.5) is 4.79 Å². The predicted molar refractivity (Wildman–Crippen MR) is 86.0 cm³/mol. The maximum atomic E-state index is 12.0. The lowest BCUT2D eigenvalue weighted by Crippen LogP contribution is -2.45. The minimum atomic E-state index is -0.938. The summed E-state index contributed by atoms with van der Waals surface area (Å²) < 4.78 is 9.79. The number of ether oxygens (including phenoxy) is 2. The number of alkyl carbamates (subject to hydrolysis) is 1. The van der Waals surface area contributed by atoms with E-state index in [1.165, 1.54) is 12.8 Å². The van der Waals surface area contributed by atoms with E-state index in [1.807, 2.05) is 6.92 Å². The van der Waals surface area contributed by atoms with Crippen LogP contribution in [0, 0.1) is 5.41 Å². The van der Waals surface area contributed by atoms with E-state index < -0.39 is 23.9 Å². The highest BCUT2D eigenvalue weighted by molar-refractivity contribution is 6.35. The second kappa shape index (κ2) is 9.53. The van der Waals surface area contributed by atoms with Crippen LogP contribution in [0.1, 0.15) is 65.2 Å². The molecule has 0 heterocycles. The van der Waals surface area contributed by atoms with Crippen LogP contribution in [0.2, 0.25) is 0 Å². The Hall–Kier alpha value is -1.59. The Bertz CT molecular complexity index is 415. The molecule has 1 saturated carbocycles. The molecule has 1 rings (SSSR count). The van der Waals surface area contributed by atoms with Crippen LogP contribution >= 0.6 is 0 Å². The molecule has 132 valence electrons. The SMILES string of the molecule is CCCC[C@H](NC(=O)OCC1(CC)CCCC1)C(=O)C(=O)OC. The van der Waals surface area contributed by atoms with E-state index in [-0.39, 0.29) is 5.41 Å². The fourth-order valence-corrected chi connectivity index (χ4v) is 3.05. The lowest BCUT2D eigenvalue weighted by molar-refractivity contribution is -0.152. The average Bonchev–Trinajstić information content (AvgIpc) is 3.04. The first-order valence-electron chi connectivity index (χ1n) is 8.53. The monoisotopic (exact) mass is 327 g/mol. The van der Waals surface area contributed by atoms with E-state index in [4.69, 9.17) is 4.74 Å². The minimum Gasteiger partial charge on any atom is -0.463 e. The van der Waals surface area contributed by atoms with Gasteiger partial charge in [0, 0.05) is 5.41 Å². The summed E-state index contributed by atoms with van der Waals surface area (Å²) in [5.74, 6) is -1.67. The normalized spacial score (nSPS) is 17.3. The van der Waals surface area contributed by atoms with Crippen LogP contribution in [-0.4, -0.2) is 37.6 Å². The lowest BCUT2D eigenvalue weighted by atomic mass is 9.84. The number of nitrogens with one attached hydrogen (secondary N) is 1. The number of esters is 1. The first-order valence-corrected chi connectivity index (χ1v) is 8.53. The Morgan fingerprint density at radius 1 is 1.17 bits per heavy atom. The second-order valence-corrected chi connectivity index (χ2v) is 6.33. The van der Waals surface area contributed by atoms with E-state index in [0.717, 1.165) is 39.2 Å². The average molecular weight is 327 g/mol. The molecule has 1 aliphatic rings. The van der Waals surface area contributed by atoms with Crippen molar-refractivity contribution in [3.05, 3.63) is 0 Å². The van der Waals surface area contributed by atoms with Crippen molar-refractivity contribution in [2.24, 2.45) is 5.41 Å². The van der Waals surface area contributed by atoms with Crippen molar-refractivity contribution in [2.75, 3.05) is 13.7 Å². The maximum Gasteiger partial charge on any atom is 0.407 e. The van der Waals surface area contributed by atoms with Gasteiger partial charge in [-0.05, 0) is 25.7 Å². The number of carbonyl (C=O) groups excluding carboxylic acids is 3. The Morgan fingerprint density at radius 3 is 2.35 bits per heavy atom. The zero-order valence-electron chi connectivity index (χ0n) is 14.5. The molecular weight excluding hydrogens is 298 g/mol. The molecule has 6 heteroatoms. The van der Waals surface area contributed by atoms with E-state index in [1.54, 1.807) is 0 Å². The molecule has 1 atom stereocenters. The lowest BCUT2D eigenvalue weighted by Gasteiger charge is -2.27. The number of carbonyl (C=O) groups is 3. The highest BCUT2D eigenvalue weighted by Crippen LogP contribution is 2.41. The van der Waals surface area contributed by atoms with Crippen molar-refractivity contribution in [1.82, 2.24) is 5.32 Å². The number of unbranched alkanes of at least 4 members (excludes halogenated alkanes) is 1. The van der Waals surface area contributed by atoms with E-state index in [2.05, 4.69) is 17.0 Å². The molecule has 1 N–H and O–H groups in total. The molecule has 0 saturated heterocycles. The summed E-state index contributed by atoms with van der Waals surface area (Å²) in [4.78, 5) is 35.4. The van der Waals surface area contributed by atoms with Gasteiger partial charge in [0.1, 0.15) is 6.04 Å². The molecule has 0 unspecified atom stereocenters. The zero-order valence-corrected chi connectivity index (χ0v) is 14.5. The van der Waals surface area contributed by atoms with Gasteiger partial charge in [0.05, 0.1) is 13.7 Å². The number of hydrogen-bond donors (Lipinski definition) is 1. The number of amides is 1. The molecule has 0 aromatic carbocycles. The van der Waals surface area contributed by atoms with Gasteiger partial charge in [0.25, 0.3) is 5.78 Å². The number of hydrogen-bond acceptors (Lipinski definition) is 5. The smallest absolute Gasteiger partial charge is 0.407 e. The Labute approximate surface area is 138 Å². The van der Waals surface area contributed by atoms with Crippen LogP contribution in [0.5, 0.6) is 0 Å². The number of Topliss-reactive ketones (excluding diaryl/α,β-unsaturated/α-hetero) is 1. The van der Waals surface area contributed by atoms with Gasteiger partial charge in [0.2, 0.25) is 0 Å². The third-order valence-electron chi connectivity index (χ3n) is 4.77. The van der Waals surface area contributed by atoms with Gasteiger partial charge < -0.3 is 14.8 Å². The van der Waals surface area contributed by atoms with Gasteiger partial charge in [0.15, 0.2) is 0 Å². The zero-order chi connectivity index (χ0) is 17.3. The third-order valence-corrected chi connectivity index (χ3v) is 4.77. The van der Waals surface area contributed by atoms with Crippen molar-refractivity contribution in [1.29, 1.82) is 0 Å². The van der Waals surface area contributed by atoms with Gasteiger partial charge in [-0.3, -0.25) is 4.79 Å². The highest BCUT2D eigenvalue weighted by atomic mass is 16.6. The molecule has 23 heavy (non-hydrogen) atoms. The molecular formula is C17H29NO5. The molecule has 6 nitrogen and oxygen atoms in total. The van der Waals surface area contributed by atoms with Crippen LogP contribution in [0.25, 0.3) is 0 Å². The summed E-state index contributed by atoms with van der Waals surface area (Å²) in [5.41, 5.74) is 0.0720. The van der Waals surface area contributed by atoms with Crippen molar-refractivity contribution >= 4 is 17.8 Å². The molecule has 0 aliphatic heterocycles. The quantitative estimate of drug-likeness (QED) is 0.520. The standard InChI is InChI=1S/C17H29NO5/c1-4-6-9-13(14(19)15(20)22-3)18-16(21)23-12-17(5-2)10-7-8-11-17/h13H,4-12H2,1-3H3,(H,18,21)/t13-/m0/s1. The molecule has 0 spiro atoms.